The molecule has 0 bridgehead atoms. The molecule has 3 heteroatoms. The van der Waals surface area contributed by atoms with Gasteiger partial charge in [-0.2, -0.15) is 5.10 Å². The molecule has 1 saturated heterocycles. The first-order valence-corrected chi connectivity index (χ1v) is 6.55. The Morgan fingerprint density at radius 1 is 1.39 bits per heavy atom. The summed E-state index contributed by atoms with van der Waals surface area (Å²) in [5.74, 6) is 0.591. The molecule has 1 unspecified atom stereocenters. The summed E-state index contributed by atoms with van der Waals surface area (Å²) in [5.41, 5.74) is 5.23. The fourth-order valence-electron chi connectivity index (χ4n) is 2.85. The van der Waals surface area contributed by atoms with Crippen LogP contribution in [0.3, 0.4) is 0 Å². The Bertz CT molecular complexity index is 551. The van der Waals surface area contributed by atoms with Crippen molar-refractivity contribution in [3.05, 3.63) is 41.7 Å². The quantitative estimate of drug-likeness (QED) is 0.875. The van der Waals surface area contributed by atoms with Gasteiger partial charge in [0.1, 0.15) is 0 Å². The fourth-order valence-corrected chi connectivity index (χ4v) is 2.85. The van der Waals surface area contributed by atoms with Crippen molar-refractivity contribution in [2.24, 2.45) is 7.05 Å². The number of hydrogen-bond acceptors (Lipinski definition) is 2. The van der Waals surface area contributed by atoms with Gasteiger partial charge in [0.2, 0.25) is 0 Å². The number of benzene rings is 1. The van der Waals surface area contributed by atoms with Crippen LogP contribution in [0, 0.1) is 6.92 Å². The van der Waals surface area contributed by atoms with Crippen LogP contribution in [-0.4, -0.2) is 22.9 Å². The summed E-state index contributed by atoms with van der Waals surface area (Å²) in [4.78, 5) is 0. The van der Waals surface area contributed by atoms with E-state index in [0.29, 0.717) is 5.92 Å². The Morgan fingerprint density at radius 2 is 2.28 bits per heavy atom. The van der Waals surface area contributed by atoms with Crippen molar-refractivity contribution < 1.29 is 0 Å². The summed E-state index contributed by atoms with van der Waals surface area (Å²) in [6.07, 6.45) is 3.21. The van der Waals surface area contributed by atoms with Crippen LogP contribution in [-0.2, 0) is 7.05 Å². The zero-order valence-electron chi connectivity index (χ0n) is 11.0. The molecule has 1 N–H and O–H groups in total. The van der Waals surface area contributed by atoms with Gasteiger partial charge in [-0.25, -0.2) is 0 Å². The van der Waals surface area contributed by atoms with Crippen LogP contribution in [0.4, 0.5) is 0 Å². The van der Waals surface area contributed by atoms with Crippen molar-refractivity contribution >= 4 is 0 Å². The number of aryl methyl sites for hydroxylation is 2. The predicted octanol–water partition coefficient (Wildman–Crippen LogP) is 2.47. The molecule has 18 heavy (non-hydrogen) atoms. The van der Waals surface area contributed by atoms with Crippen molar-refractivity contribution in [3.63, 3.8) is 0 Å². The monoisotopic (exact) mass is 241 g/mol. The number of hydrogen-bond donors (Lipinski definition) is 1. The lowest BCUT2D eigenvalue weighted by Gasteiger charge is -2.12. The Hall–Kier alpha value is -1.61. The molecule has 1 aromatic heterocycles. The second kappa shape index (κ2) is 4.58. The molecule has 0 aliphatic carbocycles. The van der Waals surface area contributed by atoms with Gasteiger partial charge in [-0.3, -0.25) is 4.68 Å². The van der Waals surface area contributed by atoms with Crippen LogP contribution < -0.4 is 5.32 Å². The van der Waals surface area contributed by atoms with E-state index in [9.17, 15) is 0 Å². The average molecular weight is 241 g/mol. The maximum absolute atomic E-state index is 4.46. The second-order valence-electron chi connectivity index (χ2n) is 5.13. The third-order valence-corrected chi connectivity index (χ3v) is 3.76. The minimum atomic E-state index is 0.591. The van der Waals surface area contributed by atoms with Gasteiger partial charge in [0.15, 0.2) is 0 Å². The van der Waals surface area contributed by atoms with Crippen molar-refractivity contribution in [1.82, 2.24) is 15.1 Å². The van der Waals surface area contributed by atoms with Crippen LogP contribution in [0.1, 0.15) is 23.6 Å². The molecule has 0 radical (unpaired) electrons. The molecule has 3 rings (SSSR count). The molecule has 1 atom stereocenters. The molecule has 1 aliphatic heterocycles. The Morgan fingerprint density at radius 3 is 3.00 bits per heavy atom. The molecule has 94 valence electrons. The van der Waals surface area contributed by atoms with E-state index in [0.717, 1.165) is 13.1 Å². The van der Waals surface area contributed by atoms with Crippen LogP contribution in [0.5, 0.6) is 0 Å². The molecule has 0 spiro atoms. The number of nitrogens with zero attached hydrogens (tertiary/aromatic N) is 2. The Kier molecular flexibility index (Phi) is 2.92. The lowest BCUT2D eigenvalue weighted by molar-refractivity contribution is 0.638. The minimum Gasteiger partial charge on any atom is -0.316 e. The molecular formula is C15H19N3. The average Bonchev–Trinajstić information content (AvgIpc) is 2.97. The molecule has 1 aliphatic rings. The molecule has 0 saturated carbocycles. The maximum Gasteiger partial charge on any atom is 0.0571 e. The third-order valence-electron chi connectivity index (χ3n) is 3.76. The highest BCUT2D eigenvalue weighted by Gasteiger charge is 2.23. The van der Waals surface area contributed by atoms with Crippen LogP contribution in [0.2, 0.25) is 0 Å². The van der Waals surface area contributed by atoms with Crippen LogP contribution >= 0.6 is 0 Å². The van der Waals surface area contributed by atoms with Gasteiger partial charge in [-0.05, 0) is 25.5 Å². The van der Waals surface area contributed by atoms with Gasteiger partial charge in [0.05, 0.1) is 11.9 Å². The first kappa shape index (κ1) is 11.5. The number of aromatic nitrogens is 2. The van der Waals surface area contributed by atoms with Gasteiger partial charge in [0, 0.05) is 25.1 Å². The lowest BCUT2D eigenvalue weighted by Crippen LogP contribution is -2.11. The summed E-state index contributed by atoms with van der Waals surface area (Å²) in [7, 11) is 2.05. The summed E-state index contributed by atoms with van der Waals surface area (Å²) in [5, 5.41) is 7.89. The highest BCUT2D eigenvalue weighted by atomic mass is 15.3. The van der Waals surface area contributed by atoms with E-state index >= 15 is 0 Å². The fraction of sp³-hybridized carbons (Fsp3) is 0.400. The SMILES string of the molecule is Cc1cccc(-c2cnn(C)c2C2CCNC2)c1. The summed E-state index contributed by atoms with van der Waals surface area (Å²) >= 11 is 0. The predicted molar refractivity (Wildman–Crippen MR) is 73.6 cm³/mol. The first-order valence-electron chi connectivity index (χ1n) is 6.55. The van der Waals surface area contributed by atoms with E-state index in [1.807, 2.05) is 17.9 Å². The highest BCUT2D eigenvalue weighted by Crippen LogP contribution is 2.32. The van der Waals surface area contributed by atoms with Crippen molar-refractivity contribution in [2.45, 2.75) is 19.3 Å². The Labute approximate surface area is 108 Å². The largest absolute Gasteiger partial charge is 0.316 e. The lowest BCUT2D eigenvalue weighted by atomic mass is 9.96. The third kappa shape index (κ3) is 1.95. The molecule has 0 amide bonds. The van der Waals surface area contributed by atoms with Crippen molar-refractivity contribution in [2.75, 3.05) is 13.1 Å². The van der Waals surface area contributed by atoms with E-state index < -0.39 is 0 Å². The molecule has 1 aromatic carbocycles. The highest BCUT2D eigenvalue weighted by molar-refractivity contribution is 5.66. The topological polar surface area (TPSA) is 29.9 Å². The van der Waals surface area contributed by atoms with Crippen LogP contribution in [0.15, 0.2) is 30.5 Å². The van der Waals surface area contributed by atoms with E-state index in [2.05, 4.69) is 41.6 Å². The van der Waals surface area contributed by atoms with Gasteiger partial charge in [0.25, 0.3) is 0 Å². The van der Waals surface area contributed by atoms with Crippen LogP contribution in [0.25, 0.3) is 11.1 Å². The minimum absolute atomic E-state index is 0.591. The standard InChI is InChI=1S/C15H19N3/c1-11-4-3-5-12(8-11)14-10-17-18(2)15(14)13-6-7-16-9-13/h3-5,8,10,13,16H,6-7,9H2,1-2H3. The number of rotatable bonds is 2. The van der Waals surface area contributed by atoms with Crippen molar-refractivity contribution in [3.8, 4) is 11.1 Å². The summed E-state index contributed by atoms with van der Waals surface area (Å²) < 4.78 is 2.04. The van der Waals surface area contributed by atoms with Gasteiger partial charge < -0.3 is 5.32 Å². The molecule has 2 heterocycles. The smallest absolute Gasteiger partial charge is 0.0571 e. The van der Waals surface area contributed by atoms with E-state index in [4.69, 9.17) is 0 Å². The van der Waals surface area contributed by atoms with Crippen molar-refractivity contribution in [1.29, 1.82) is 0 Å². The maximum atomic E-state index is 4.46. The van der Waals surface area contributed by atoms with E-state index in [1.54, 1.807) is 0 Å². The van der Waals surface area contributed by atoms with E-state index in [1.165, 1.54) is 28.8 Å². The van der Waals surface area contributed by atoms with Gasteiger partial charge >= 0.3 is 0 Å². The summed E-state index contributed by atoms with van der Waals surface area (Å²) in [6, 6.07) is 8.67. The Balaban J connectivity index is 2.07. The normalized spacial score (nSPS) is 19.3. The van der Waals surface area contributed by atoms with Gasteiger partial charge in [-0.1, -0.05) is 29.8 Å². The molecule has 3 nitrogen and oxygen atoms in total. The summed E-state index contributed by atoms with van der Waals surface area (Å²) in [6.45, 7) is 4.32. The number of nitrogens with one attached hydrogen (secondary N) is 1. The molecule has 1 fully saturated rings. The van der Waals surface area contributed by atoms with Gasteiger partial charge in [-0.15, -0.1) is 0 Å². The molecular weight excluding hydrogens is 222 g/mol. The van der Waals surface area contributed by atoms with E-state index in [-0.39, 0.29) is 0 Å². The molecule has 2 aromatic rings. The second-order valence-corrected chi connectivity index (χ2v) is 5.13. The zero-order chi connectivity index (χ0) is 12.5. The first-order chi connectivity index (χ1) is 8.75. The zero-order valence-corrected chi connectivity index (χ0v) is 11.0.